The summed E-state index contributed by atoms with van der Waals surface area (Å²) in [6, 6.07) is 11.9. The molecule has 2 nitrogen and oxygen atoms in total. The first-order valence-corrected chi connectivity index (χ1v) is 7.05. The number of halogens is 1. The van der Waals surface area contributed by atoms with E-state index in [1.54, 1.807) is 7.11 Å². The van der Waals surface area contributed by atoms with Crippen molar-refractivity contribution in [1.29, 1.82) is 0 Å². The smallest absolute Gasteiger partial charge is 0.126 e. The van der Waals surface area contributed by atoms with Crippen molar-refractivity contribution in [2.24, 2.45) is 5.73 Å². The van der Waals surface area contributed by atoms with Crippen LogP contribution >= 0.6 is 11.6 Å². The van der Waals surface area contributed by atoms with Crippen molar-refractivity contribution in [1.82, 2.24) is 0 Å². The Morgan fingerprint density at radius 2 is 1.75 bits per heavy atom. The first-order valence-electron chi connectivity index (χ1n) is 6.67. The summed E-state index contributed by atoms with van der Waals surface area (Å²) >= 11 is 5.90. The molecule has 2 rings (SSSR count). The molecule has 0 saturated carbocycles. The molecule has 0 fully saturated rings. The number of ether oxygens (including phenoxy) is 1. The molecule has 0 amide bonds. The van der Waals surface area contributed by atoms with Gasteiger partial charge in [-0.05, 0) is 49.1 Å². The van der Waals surface area contributed by atoms with Crippen molar-refractivity contribution in [3.8, 4) is 5.75 Å². The van der Waals surface area contributed by atoms with Gasteiger partial charge in [0.2, 0.25) is 0 Å². The van der Waals surface area contributed by atoms with E-state index in [9.17, 15) is 0 Å². The fraction of sp³-hybridized carbons (Fsp3) is 0.294. The highest BCUT2D eigenvalue weighted by Crippen LogP contribution is 2.31. The lowest BCUT2D eigenvalue weighted by molar-refractivity contribution is 0.402. The van der Waals surface area contributed by atoms with Crippen LogP contribution in [0.15, 0.2) is 36.4 Å². The third-order valence-corrected chi connectivity index (χ3v) is 3.93. The Bertz CT molecular complexity index is 593. The van der Waals surface area contributed by atoms with Crippen LogP contribution in [0.4, 0.5) is 0 Å². The predicted octanol–water partition coefficient (Wildman–Crippen LogP) is 4.21. The van der Waals surface area contributed by atoms with E-state index in [1.165, 1.54) is 11.1 Å². The van der Waals surface area contributed by atoms with Crippen LogP contribution in [0.25, 0.3) is 0 Å². The summed E-state index contributed by atoms with van der Waals surface area (Å²) in [5.41, 5.74) is 10.9. The summed E-state index contributed by atoms with van der Waals surface area (Å²) in [5.74, 6) is 0.895. The molecule has 0 aliphatic heterocycles. The Balaban J connectivity index is 2.27. The minimum atomic E-state index is -0.0922. The van der Waals surface area contributed by atoms with Gasteiger partial charge >= 0.3 is 0 Å². The molecule has 0 bridgehead atoms. The fourth-order valence-electron chi connectivity index (χ4n) is 2.36. The van der Waals surface area contributed by atoms with Crippen molar-refractivity contribution in [2.45, 2.75) is 26.3 Å². The maximum Gasteiger partial charge on any atom is 0.126 e. The average Bonchev–Trinajstić information content (AvgIpc) is 2.44. The Morgan fingerprint density at radius 3 is 2.35 bits per heavy atom. The second kappa shape index (κ2) is 6.29. The second-order valence-electron chi connectivity index (χ2n) is 5.07. The van der Waals surface area contributed by atoms with Crippen LogP contribution in [0.5, 0.6) is 5.75 Å². The summed E-state index contributed by atoms with van der Waals surface area (Å²) in [5, 5.41) is 0.742. The molecule has 0 aromatic heterocycles. The first-order chi connectivity index (χ1) is 9.52. The third-order valence-electron chi connectivity index (χ3n) is 3.68. The summed E-state index contributed by atoms with van der Waals surface area (Å²) in [7, 11) is 1.69. The van der Waals surface area contributed by atoms with Crippen molar-refractivity contribution >= 4 is 11.6 Å². The molecule has 0 aliphatic rings. The Hall–Kier alpha value is -1.51. The minimum absolute atomic E-state index is 0.0922. The second-order valence-corrected chi connectivity index (χ2v) is 5.50. The van der Waals surface area contributed by atoms with Gasteiger partial charge in [-0.3, -0.25) is 0 Å². The van der Waals surface area contributed by atoms with E-state index < -0.39 is 0 Å². The molecule has 0 aliphatic carbocycles. The number of benzene rings is 2. The zero-order valence-corrected chi connectivity index (χ0v) is 12.9. The summed E-state index contributed by atoms with van der Waals surface area (Å²) < 4.78 is 5.53. The van der Waals surface area contributed by atoms with Crippen LogP contribution in [0.3, 0.4) is 0 Å². The van der Waals surface area contributed by atoms with E-state index in [0.29, 0.717) is 0 Å². The Kier molecular flexibility index (Phi) is 4.69. The number of hydrogen-bond donors (Lipinski definition) is 1. The van der Waals surface area contributed by atoms with Crippen LogP contribution in [0.2, 0.25) is 5.02 Å². The fourth-order valence-corrected chi connectivity index (χ4v) is 2.48. The van der Waals surface area contributed by atoms with Gasteiger partial charge < -0.3 is 10.5 Å². The van der Waals surface area contributed by atoms with Crippen molar-refractivity contribution in [2.75, 3.05) is 7.11 Å². The normalized spacial score (nSPS) is 12.2. The summed E-state index contributed by atoms with van der Waals surface area (Å²) in [6.45, 7) is 4.14. The molecular formula is C17H20ClNO. The number of aryl methyl sites for hydroxylation is 1. The molecule has 2 aromatic carbocycles. The molecule has 0 saturated heterocycles. The SMILES string of the molecule is COc1c(C(N)Cc2ccc(Cl)cc2)ccc(C)c1C. The molecule has 106 valence electrons. The van der Waals surface area contributed by atoms with Gasteiger partial charge in [0.05, 0.1) is 7.11 Å². The lowest BCUT2D eigenvalue weighted by Gasteiger charge is -2.19. The summed E-state index contributed by atoms with van der Waals surface area (Å²) in [6.07, 6.45) is 0.760. The van der Waals surface area contributed by atoms with Crippen molar-refractivity contribution < 1.29 is 4.74 Å². The monoisotopic (exact) mass is 289 g/mol. The van der Waals surface area contributed by atoms with Crippen LogP contribution < -0.4 is 10.5 Å². The van der Waals surface area contributed by atoms with Crippen LogP contribution in [-0.4, -0.2) is 7.11 Å². The lowest BCUT2D eigenvalue weighted by Crippen LogP contribution is -2.15. The number of hydrogen-bond acceptors (Lipinski definition) is 2. The van der Waals surface area contributed by atoms with E-state index in [4.69, 9.17) is 22.1 Å². The highest BCUT2D eigenvalue weighted by atomic mass is 35.5. The lowest BCUT2D eigenvalue weighted by atomic mass is 9.95. The number of nitrogens with two attached hydrogens (primary N) is 1. The highest BCUT2D eigenvalue weighted by molar-refractivity contribution is 6.30. The standard InChI is InChI=1S/C17H20ClNO/c1-11-4-9-15(17(20-3)12(11)2)16(19)10-13-5-7-14(18)8-6-13/h4-9,16H,10,19H2,1-3H3. The quantitative estimate of drug-likeness (QED) is 0.915. The van der Waals surface area contributed by atoms with E-state index in [1.807, 2.05) is 24.3 Å². The van der Waals surface area contributed by atoms with Crippen molar-refractivity contribution in [3.05, 3.63) is 63.7 Å². The van der Waals surface area contributed by atoms with E-state index in [-0.39, 0.29) is 6.04 Å². The predicted molar refractivity (Wildman–Crippen MR) is 84.6 cm³/mol. The molecule has 3 heteroatoms. The molecule has 0 heterocycles. The summed E-state index contributed by atoms with van der Waals surface area (Å²) in [4.78, 5) is 0. The van der Waals surface area contributed by atoms with E-state index >= 15 is 0 Å². The maximum atomic E-state index is 6.35. The molecule has 0 radical (unpaired) electrons. The third kappa shape index (κ3) is 3.14. The maximum absolute atomic E-state index is 6.35. The van der Waals surface area contributed by atoms with E-state index in [0.717, 1.165) is 28.3 Å². The van der Waals surface area contributed by atoms with Crippen LogP contribution in [-0.2, 0) is 6.42 Å². The first kappa shape index (κ1) is 14.9. The zero-order chi connectivity index (χ0) is 14.7. The zero-order valence-electron chi connectivity index (χ0n) is 12.1. The molecule has 2 N–H and O–H groups in total. The Morgan fingerprint density at radius 1 is 1.10 bits per heavy atom. The van der Waals surface area contributed by atoms with Gasteiger partial charge in [0.1, 0.15) is 5.75 Å². The van der Waals surface area contributed by atoms with Gasteiger partial charge in [0.25, 0.3) is 0 Å². The number of methoxy groups -OCH3 is 1. The largest absolute Gasteiger partial charge is 0.496 e. The van der Waals surface area contributed by atoms with Gasteiger partial charge in [-0.2, -0.15) is 0 Å². The van der Waals surface area contributed by atoms with E-state index in [2.05, 4.69) is 26.0 Å². The van der Waals surface area contributed by atoms with Crippen LogP contribution in [0.1, 0.15) is 28.3 Å². The highest BCUT2D eigenvalue weighted by Gasteiger charge is 2.15. The average molecular weight is 290 g/mol. The van der Waals surface area contributed by atoms with Gasteiger partial charge in [-0.1, -0.05) is 35.9 Å². The van der Waals surface area contributed by atoms with Gasteiger partial charge in [0.15, 0.2) is 0 Å². The van der Waals surface area contributed by atoms with Gasteiger partial charge in [-0.25, -0.2) is 0 Å². The van der Waals surface area contributed by atoms with Gasteiger partial charge in [0, 0.05) is 16.6 Å². The number of rotatable bonds is 4. The molecule has 2 aromatic rings. The minimum Gasteiger partial charge on any atom is -0.496 e. The van der Waals surface area contributed by atoms with Gasteiger partial charge in [-0.15, -0.1) is 0 Å². The molecular weight excluding hydrogens is 270 g/mol. The van der Waals surface area contributed by atoms with Crippen molar-refractivity contribution in [3.63, 3.8) is 0 Å². The molecule has 20 heavy (non-hydrogen) atoms. The topological polar surface area (TPSA) is 35.2 Å². The molecule has 0 spiro atoms. The molecule has 1 unspecified atom stereocenters. The molecule has 1 atom stereocenters. The Labute approximate surface area is 125 Å². The van der Waals surface area contributed by atoms with Crippen LogP contribution in [0, 0.1) is 13.8 Å².